The molecule has 0 aliphatic carbocycles. The number of nitrogens with one attached hydrogen (secondary N) is 2. The van der Waals surface area contributed by atoms with Crippen LogP contribution < -0.4 is 10.9 Å². The molecule has 3 aromatic rings. The number of amides is 1. The molecule has 0 unspecified atom stereocenters. The monoisotopic (exact) mass is 336 g/mol. The van der Waals surface area contributed by atoms with Crippen LogP contribution in [-0.2, 0) is 6.18 Å². The van der Waals surface area contributed by atoms with Crippen LogP contribution in [0.1, 0.15) is 21.7 Å². The van der Waals surface area contributed by atoms with Gasteiger partial charge in [0.15, 0.2) is 5.69 Å². The maximum absolute atomic E-state index is 12.7. The molecule has 0 radical (unpaired) electrons. The summed E-state index contributed by atoms with van der Waals surface area (Å²) in [4.78, 5) is 26.5. The van der Waals surface area contributed by atoms with Gasteiger partial charge in [-0.3, -0.25) is 9.59 Å². The summed E-state index contributed by atoms with van der Waals surface area (Å²) in [6, 6.07) is 5.52. The van der Waals surface area contributed by atoms with Crippen molar-refractivity contribution in [3.8, 4) is 0 Å². The molecule has 6 nitrogen and oxygen atoms in total. The number of nitrogens with zero attached hydrogens (tertiary/aromatic N) is 2. The Bertz CT molecular complexity index is 988. The maximum atomic E-state index is 12.7. The van der Waals surface area contributed by atoms with Crippen molar-refractivity contribution >= 4 is 17.1 Å². The largest absolute Gasteiger partial charge is 0.416 e. The third kappa shape index (κ3) is 3.00. The average Bonchev–Trinajstić information content (AvgIpc) is 2.91. The first-order valence-electron chi connectivity index (χ1n) is 6.82. The second-order valence-electron chi connectivity index (χ2n) is 5.16. The number of anilines is 1. The highest BCUT2D eigenvalue weighted by molar-refractivity contribution is 6.03. The number of halogens is 3. The Morgan fingerprint density at radius 1 is 1.29 bits per heavy atom. The minimum atomic E-state index is -4.51. The van der Waals surface area contributed by atoms with Gasteiger partial charge >= 0.3 is 6.18 Å². The van der Waals surface area contributed by atoms with Gasteiger partial charge in [0, 0.05) is 23.6 Å². The Hall–Kier alpha value is -3.10. The minimum absolute atomic E-state index is 0.0167. The van der Waals surface area contributed by atoms with E-state index < -0.39 is 23.2 Å². The van der Waals surface area contributed by atoms with E-state index in [1.807, 2.05) is 0 Å². The van der Waals surface area contributed by atoms with Crippen molar-refractivity contribution in [1.82, 2.24) is 14.6 Å². The average molecular weight is 336 g/mol. The van der Waals surface area contributed by atoms with Crippen molar-refractivity contribution in [1.29, 1.82) is 0 Å². The first-order valence-corrected chi connectivity index (χ1v) is 6.82. The molecule has 124 valence electrons. The van der Waals surface area contributed by atoms with Crippen LogP contribution in [-0.4, -0.2) is 20.5 Å². The molecule has 0 fully saturated rings. The molecule has 2 aromatic heterocycles. The van der Waals surface area contributed by atoms with Crippen molar-refractivity contribution in [2.75, 3.05) is 5.32 Å². The molecule has 24 heavy (non-hydrogen) atoms. The summed E-state index contributed by atoms with van der Waals surface area (Å²) in [5.41, 5.74) is -0.668. The number of hydrogen-bond donors (Lipinski definition) is 2. The normalized spacial score (nSPS) is 11.7. The summed E-state index contributed by atoms with van der Waals surface area (Å²) < 4.78 is 39.3. The van der Waals surface area contributed by atoms with Crippen LogP contribution in [0.5, 0.6) is 0 Å². The second-order valence-corrected chi connectivity index (χ2v) is 5.16. The molecule has 3 rings (SSSR count). The van der Waals surface area contributed by atoms with E-state index in [0.717, 1.165) is 12.1 Å². The Morgan fingerprint density at radius 3 is 2.75 bits per heavy atom. The Labute approximate surface area is 132 Å². The van der Waals surface area contributed by atoms with Crippen LogP contribution in [0.3, 0.4) is 0 Å². The molecule has 1 aromatic carbocycles. The third-order valence-electron chi connectivity index (χ3n) is 3.28. The summed E-state index contributed by atoms with van der Waals surface area (Å²) in [5.74, 6) is -0.713. The molecule has 1 amide bonds. The fourth-order valence-electron chi connectivity index (χ4n) is 2.20. The minimum Gasteiger partial charge on any atom is -0.323 e. The number of benzene rings is 1. The number of fused-ring (bicyclic) bond motifs is 1. The number of hydrogen-bond acceptors (Lipinski definition) is 3. The molecule has 0 spiro atoms. The van der Waals surface area contributed by atoms with Gasteiger partial charge in [0.2, 0.25) is 0 Å². The molecule has 0 bridgehead atoms. The predicted octanol–water partition coefficient (Wildman–Crippen LogP) is 2.60. The summed E-state index contributed by atoms with van der Waals surface area (Å²) in [6.45, 7) is 1.66. The number of carbonyl (C=O) groups is 1. The summed E-state index contributed by atoms with van der Waals surface area (Å²) in [5, 5.41) is 6.30. The zero-order chi connectivity index (χ0) is 17.5. The lowest BCUT2D eigenvalue weighted by Crippen LogP contribution is -2.14. The number of carbonyl (C=O) groups excluding carboxylic acids is 1. The molecule has 0 saturated carbocycles. The quantitative estimate of drug-likeness (QED) is 0.755. The van der Waals surface area contributed by atoms with Gasteiger partial charge in [0.25, 0.3) is 11.5 Å². The van der Waals surface area contributed by atoms with Gasteiger partial charge in [-0.1, -0.05) is 6.07 Å². The molecule has 2 heterocycles. The van der Waals surface area contributed by atoms with Gasteiger partial charge in [-0.05, 0) is 25.1 Å². The SMILES string of the molecule is Cc1cn2nc(C(=O)Nc3cccc(C(F)(F)F)c3)cc2c(=O)[nH]1. The van der Waals surface area contributed by atoms with E-state index in [4.69, 9.17) is 0 Å². The van der Waals surface area contributed by atoms with E-state index in [-0.39, 0.29) is 16.9 Å². The fraction of sp³-hybridized carbons (Fsp3) is 0.133. The number of H-pyrrole nitrogens is 1. The van der Waals surface area contributed by atoms with Gasteiger partial charge in [0.05, 0.1) is 5.56 Å². The van der Waals surface area contributed by atoms with Gasteiger partial charge in [-0.15, -0.1) is 0 Å². The lowest BCUT2D eigenvalue weighted by atomic mass is 10.2. The van der Waals surface area contributed by atoms with Crippen molar-refractivity contribution in [3.63, 3.8) is 0 Å². The number of aromatic amines is 1. The van der Waals surface area contributed by atoms with E-state index in [9.17, 15) is 22.8 Å². The van der Waals surface area contributed by atoms with E-state index in [2.05, 4.69) is 15.4 Å². The molecule has 0 aliphatic rings. The Morgan fingerprint density at radius 2 is 2.04 bits per heavy atom. The lowest BCUT2D eigenvalue weighted by molar-refractivity contribution is -0.137. The van der Waals surface area contributed by atoms with Crippen LogP contribution in [0, 0.1) is 6.92 Å². The van der Waals surface area contributed by atoms with E-state index in [0.29, 0.717) is 5.69 Å². The molecule has 2 N–H and O–H groups in total. The highest BCUT2D eigenvalue weighted by Crippen LogP contribution is 2.30. The third-order valence-corrected chi connectivity index (χ3v) is 3.28. The van der Waals surface area contributed by atoms with Crippen LogP contribution in [0.15, 0.2) is 41.3 Å². The Balaban J connectivity index is 1.91. The van der Waals surface area contributed by atoms with E-state index in [1.165, 1.54) is 28.9 Å². The van der Waals surface area contributed by atoms with Gasteiger partial charge in [-0.2, -0.15) is 18.3 Å². The number of aromatic nitrogens is 3. The summed E-state index contributed by atoms with van der Waals surface area (Å²) in [6.07, 6.45) is -2.98. The smallest absolute Gasteiger partial charge is 0.323 e. The first kappa shape index (κ1) is 15.8. The number of alkyl halides is 3. The van der Waals surface area contributed by atoms with Crippen LogP contribution in [0.4, 0.5) is 18.9 Å². The van der Waals surface area contributed by atoms with E-state index in [1.54, 1.807) is 6.92 Å². The zero-order valence-electron chi connectivity index (χ0n) is 12.3. The standard InChI is InChI=1S/C15H11F3N4O2/c1-8-7-22-12(14(24)19-8)6-11(21-22)13(23)20-10-4-2-3-9(5-10)15(16,17)18/h2-7H,1H3,(H,19,24)(H,20,23). The maximum Gasteiger partial charge on any atom is 0.416 e. The summed E-state index contributed by atoms with van der Waals surface area (Å²) in [7, 11) is 0. The second kappa shape index (κ2) is 5.52. The lowest BCUT2D eigenvalue weighted by Gasteiger charge is -2.09. The van der Waals surface area contributed by atoms with Crippen LogP contribution in [0.2, 0.25) is 0 Å². The van der Waals surface area contributed by atoms with Gasteiger partial charge in [-0.25, -0.2) is 4.52 Å². The molecule has 0 saturated heterocycles. The number of aryl methyl sites for hydroxylation is 1. The summed E-state index contributed by atoms with van der Waals surface area (Å²) >= 11 is 0. The fourth-order valence-corrected chi connectivity index (χ4v) is 2.20. The topological polar surface area (TPSA) is 79.3 Å². The molecular weight excluding hydrogens is 325 g/mol. The number of rotatable bonds is 2. The van der Waals surface area contributed by atoms with Crippen molar-refractivity contribution < 1.29 is 18.0 Å². The molecule has 0 atom stereocenters. The predicted molar refractivity (Wildman–Crippen MR) is 79.9 cm³/mol. The van der Waals surface area contributed by atoms with Crippen LogP contribution in [0.25, 0.3) is 5.52 Å². The highest BCUT2D eigenvalue weighted by atomic mass is 19.4. The van der Waals surface area contributed by atoms with Crippen LogP contribution >= 0.6 is 0 Å². The Kier molecular flexibility index (Phi) is 3.63. The van der Waals surface area contributed by atoms with Crippen molar-refractivity contribution in [2.24, 2.45) is 0 Å². The first-order chi connectivity index (χ1) is 11.2. The van der Waals surface area contributed by atoms with E-state index >= 15 is 0 Å². The zero-order valence-corrected chi connectivity index (χ0v) is 12.3. The van der Waals surface area contributed by atoms with Gasteiger partial charge in [0.1, 0.15) is 5.52 Å². The molecule has 0 aliphatic heterocycles. The highest BCUT2D eigenvalue weighted by Gasteiger charge is 2.30. The van der Waals surface area contributed by atoms with Gasteiger partial charge < -0.3 is 10.3 Å². The van der Waals surface area contributed by atoms with Crippen molar-refractivity contribution in [3.05, 3.63) is 63.8 Å². The van der Waals surface area contributed by atoms with Crippen molar-refractivity contribution in [2.45, 2.75) is 13.1 Å². The molecular formula is C15H11F3N4O2. The molecule has 9 heteroatoms.